The number of rotatable bonds is 5. The molecule has 0 atom stereocenters. The minimum atomic E-state index is 1.25. The normalized spacial score (nSPS) is 10.8. The van der Waals surface area contributed by atoms with Crippen LogP contribution in [-0.2, 0) is 0 Å². The van der Waals surface area contributed by atoms with Crippen LogP contribution in [0, 0.1) is 0 Å². The van der Waals surface area contributed by atoms with E-state index in [1.807, 2.05) is 0 Å². The molecule has 0 aromatic heterocycles. The van der Waals surface area contributed by atoms with Crippen molar-refractivity contribution in [2.75, 3.05) is 0 Å². The van der Waals surface area contributed by atoms with Crippen LogP contribution in [0.1, 0.15) is 0 Å². The quantitative estimate of drug-likeness (QED) is 0.165. The summed E-state index contributed by atoms with van der Waals surface area (Å²) < 4.78 is 0. The second kappa shape index (κ2) is 14.3. The Bertz CT molecular complexity index is 2260. The van der Waals surface area contributed by atoms with Gasteiger partial charge in [-0.25, -0.2) is 0 Å². The molecule has 0 bridgehead atoms. The van der Waals surface area contributed by atoms with E-state index in [-0.39, 0.29) is 0 Å². The maximum atomic E-state index is 2.25. The van der Waals surface area contributed by atoms with Crippen LogP contribution < -0.4 is 0 Å². The third-order valence-corrected chi connectivity index (χ3v) is 9.37. The third kappa shape index (κ3) is 6.12. The molecule has 0 fully saturated rings. The Balaban J connectivity index is 0.000000145. The Morgan fingerprint density at radius 3 is 0.680 bits per heavy atom. The highest BCUT2D eigenvalue weighted by Gasteiger charge is 2.16. The molecule has 0 unspecified atom stereocenters. The van der Waals surface area contributed by atoms with Crippen molar-refractivity contribution in [1.82, 2.24) is 0 Å². The predicted octanol–water partition coefficient (Wildman–Crippen LogP) is 14.0. The van der Waals surface area contributed by atoms with E-state index >= 15 is 0 Å². The molecule has 0 aliphatic rings. The van der Waals surface area contributed by atoms with Crippen molar-refractivity contribution in [2.45, 2.75) is 0 Å². The van der Waals surface area contributed by atoms with Crippen LogP contribution in [0.5, 0.6) is 0 Å². The van der Waals surface area contributed by atoms with Gasteiger partial charge in [-0.3, -0.25) is 0 Å². The van der Waals surface area contributed by atoms with Crippen LogP contribution in [0.25, 0.3) is 77.2 Å². The molecule has 0 heteroatoms. The molecule has 0 saturated carbocycles. The van der Waals surface area contributed by atoms with Crippen molar-refractivity contribution in [1.29, 1.82) is 0 Å². The number of hydrogen-bond acceptors (Lipinski definition) is 0. The summed E-state index contributed by atoms with van der Waals surface area (Å²) in [6.07, 6.45) is 0. The van der Waals surface area contributed by atoms with Crippen molar-refractivity contribution in [3.8, 4) is 55.6 Å². The van der Waals surface area contributed by atoms with E-state index in [0.717, 1.165) is 0 Å². The SMILES string of the molecule is c1ccc(-c2c3ccccc3c(-c3ccccc3)c3ccccc23)cc1.c1ccc(-c2ccccc2-c2ccccc2-c2ccccc2)cc1. The van der Waals surface area contributed by atoms with Crippen LogP contribution >= 0.6 is 0 Å². The number of hydrogen-bond donors (Lipinski definition) is 0. The van der Waals surface area contributed by atoms with Crippen LogP contribution in [0.2, 0.25) is 0 Å². The highest BCUT2D eigenvalue weighted by atomic mass is 14.2. The lowest BCUT2D eigenvalue weighted by molar-refractivity contribution is 1.56. The van der Waals surface area contributed by atoms with Gasteiger partial charge in [-0.2, -0.15) is 0 Å². The second-order valence-electron chi connectivity index (χ2n) is 12.4. The summed E-state index contributed by atoms with van der Waals surface area (Å²) in [6, 6.07) is 77.4. The first-order chi connectivity index (χ1) is 24.9. The van der Waals surface area contributed by atoms with Crippen LogP contribution in [0.3, 0.4) is 0 Å². The van der Waals surface area contributed by atoms with Gasteiger partial charge in [0.05, 0.1) is 0 Å². The Kier molecular flexibility index (Phi) is 8.82. The fraction of sp³-hybridized carbons (Fsp3) is 0. The third-order valence-electron chi connectivity index (χ3n) is 9.37. The van der Waals surface area contributed by atoms with Crippen molar-refractivity contribution in [3.63, 3.8) is 0 Å². The van der Waals surface area contributed by atoms with Crippen molar-refractivity contribution >= 4 is 21.5 Å². The molecule has 0 amide bonds. The van der Waals surface area contributed by atoms with Crippen molar-refractivity contribution in [3.05, 3.63) is 218 Å². The minimum Gasteiger partial charge on any atom is -0.0622 e. The fourth-order valence-corrected chi connectivity index (χ4v) is 7.13. The zero-order valence-corrected chi connectivity index (χ0v) is 27.8. The maximum Gasteiger partial charge on any atom is -0.00264 e. The van der Waals surface area contributed by atoms with Gasteiger partial charge in [0.25, 0.3) is 0 Å². The lowest BCUT2D eigenvalue weighted by atomic mass is 9.86. The molecule has 9 aromatic rings. The van der Waals surface area contributed by atoms with Gasteiger partial charge < -0.3 is 0 Å². The second-order valence-corrected chi connectivity index (χ2v) is 12.4. The molecule has 9 aromatic carbocycles. The fourth-order valence-electron chi connectivity index (χ4n) is 7.13. The zero-order valence-electron chi connectivity index (χ0n) is 27.8. The average molecular weight is 637 g/mol. The summed E-state index contributed by atoms with van der Waals surface area (Å²) >= 11 is 0. The molecule has 9 rings (SSSR count). The predicted molar refractivity (Wildman–Crippen MR) is 215 cm³/mol. The molecule has 0 aliphatic heterocycles. The summed E-state index contributed by atoms with van der Waals surface area (Å²) in [6.45, 7) is 0. The van der Waals surface area contributed by atoms with E-state index in [4.69, 9.17) is 0 Å². The van der Waals surface area contributed by atoms with Crippen LogP contribution in [0.15, 0.2) is 218 Å². The molecule has 0 radical (unpaired) electrons. The molecule has 0 N–H and O–H groups in total. The number of benzene rings is 9. The number of fused-ring (bicyclic) bond motifs is 2. The van der Waals surface area contributed by atoms with Gasteiger partial charge >= 0.3 is 0 Å². The summed E-state index contributed by atoms with van der Waals surface area (Å²) in [5, 5.41) is 5.21. The van der Waals surface area contributed by atoms with E-state index in [2.05, 4.69) is 218 Å². The highest BCUT2D eigenvalue weighted by Crippen LogP contribution is 2.43. The Morgan fingerprint density at radius 2 is 0.380 bits per heavy atom. The van der Waals surface area contributed by atoms with Crippen LogP contribution in [0.4, 0.5) is 0 Å². The lowest BCUT2D eigenvalue weighted by Crippen LogP contribution is -1.90. The first kappa shape index (κ1) is 30.8. The molecule has 50 heavy (non-hydrogen) atoms. The molecule has 0 nitrogen and oxygen atoms in total. The standard InChI is InChI=1S/C26H18.C24H18/c1-3-11-19(12-4-1)25-21-15-7-9-17-23(21)26(20-13-5-2-6-14-20)24-18-10-8-16-22(24)25;1-3-11-19(12-4-1)21-15-7-9-17-23(21)24-18-10-8-16-22(24)20-13-5-2-6-14-20/h1-18H;1-18H. The molecular weight excluding hydrogens is 601 g/mol. The van der Waals surface area contributed by atoms with E-state index in [9.17, 15) is 0 Å². The van der Waals surface area contributed by atoms with E-state index in [1.165, 1.54) is 77.2 Å². The van der Waals surface area contributed by atoms with Crippen molar-refractivity contribution in [2.24, 2.45) is 0 Å². The largest absolute Gasteiger partial charge is 0.0622 e. The van der Waals surface area contributed by atoms with Gasteiger partial charge in [-0.1, -0.05) is 218 Å². The van der Waals surface area contributed by atoms with Gasteiger partial charge in [0, 0.05) is 0 Å². The molecule has 0 saturated heterocycles. The zero-order chi connectivity index (χ0) is 33.5. The van der Waals surface area contributed by atoms with Gasteiger partial charge in [0.1, 0.15) is 0 Å². The molecule has 0 spiro atoms. The molecular formula is C50H36. The van der Waals surface area contributed by atoms with E-state index in [0.29, 0.717) is 0 Å². The van der Waals surface area contributed by atoms with Gasteiger partial charge in [0.15, 0.2) is 0 Å². The summed E-state index contributed by atoms with van der Waals surface area (Å²) in [5.74, 6) is 0. The minimum absolute atomic E-state index is 1.25. The maximum absolute atomic E-state index is 2.25. The van der Waals surface area contributed by atoms with Gasteiger partial charge in [-0.05, 0) is 77.2 Å². The van der Waals surface area contributed by atoms with E-state index < -0.39 is 0 Å². The molecule has 0 heterocycles. The van der Waals surface area contributed by atoms with Gasteiger partial charge in [-0.15, -0.1) is 0 Å². The Morgan fingerprint density at radius 1 is 0.160 bits per heavy atom. The van der Waals surface area contributed by atoms with Crippen LogP contribution in [-0.4, -0.2) is 0 Å². The summed E-state index contributed by atoms with van der Waals surface area (Å²) in [7, 11) is 0. The smallest absolute Gasteiger partial charge is 0.00264 e. The Hall–Kier alpha value is -6.50. The Labute approximate surface area is 294 Å². The lowest BCUT2D eigenvalue weighted by Gasteiger charge is -2.17. The van der Waals surface area contributed by atoms with E-state index in [1.54, 1.807) is 0 Å². The first-order valence-corrected chi connectivity index (χ1v) is 17.2. The van der Waals surface area contributed by atoms with Crippen molar-refractivity contribution < 1.29 is 0 Å². The summed E-state index contributed by atoms with van der Waals surface area (Å²) in [4.78, 5) is 0. The molecule has 0 aliphatic carbocycles. The average Bonchev–Trinajstić information content (AvgIpc) is 3.21. The molecule has 236 valence electrons. The van der Waals surface area contributed by atoms with Gasteiger partial charge in [0.2, 0.25) is 0 Å². The monoisotopic (exact) mass is 636 g/mol. The highest BCUT2D eigenvalue weighted by molar-refractivity contribution is 6.21. The summed E-state index contributed by atoms with van der Waals surface area (Å²) in [5.41, 5.74) is 12.7. The topological polar surface area (TPSA) is 0 Å². The first-order valence-electron chi connectivity index (χ1n) is 17.2.